The van der Waals surface area contributed by atoms with Gasteiger partial charge >= 0.3 is 0 Å². The van der Waals surface area contributed by atoms with Crippen LogP contribution in [0.25, 0.3) is 10.9 Å². The third-order valence-corrected chi connectivity index (χ3v) is 4.46. The van der Waals surface area contributed by atoms with Gasteiger partial charge in [-0.25, -0.2) is 0 Å². The van der Waals surface area contributed by atoms with Crippen molar-refractivity contribution in [3.8, 4) is 0 Å². The number of hydrogen-bond acceptors (Lipinski definition) is 2. The first kappa shape index (κ1) is 12.7. The van der Waals surface area contributed by atoms with Crippen molar-refractivity contribution >= 4 is 10.9 Å². The van der Waals surface area contributed by atoms with Gasteiger partial charge < -0.3 is 10.7 Å². The first-order valence-corrected chi connectivity index (χ1v) is 7.09. The second-order valence-electron chi connectivity index (χ2n) is 6.45. The Bertz CT molecular complexity index is 570. The lowest BCUT2D eigenvalue weighted by Gasteiger charge is -2.42. The highest BCUT2D eigenvalue weighted by molar-refractivity contribution is 5.82. The van der Waals surface area contributed by atoms with Crippen molar-refractivity contribution in [2.24, 2.45) is 11.1 Å². The van der Waals surface area contributed by atoms with Crippen LogP contribution in [0.3, 0.4) is 0 Å². The molecule has 1 aliphatic rings. The van der Waals surface area contributed by atoms with Gasteiger partial charge in [-0.15, -0.1) is 0 Å². The molecule has 3 nitrogen and oxygen atoms in total. The first-order chi connectivity index (χ1) is 9.06. The lowest BCUT2D eigenvalue weighted by molar-refractivity contribution is 0.0902. The lowest BCUT2D eigenvalue weighted by Crippen LogP contribution is -2.52. The van der Waals surface area contributed by atoms with Crippen LogP contribution in [0.4, 0.5) is 0 Å². The maximum Gasteiger partial charge on any atom is 0.0457 e. The summed E-state index contributed by atoms with van der Waals surface area (Å²) in [5.41, 5.74) is 9.04. The normalized spacial score (nSPS) is 23.8. The quantitative estimate of drug-likeness (QED) is 0.869. The molecule has 0 bridgehead atoms. The number of benzene rings is 1. The van der Waals surface area contributed by atoms with Crippen LogP contribution < -0.4 is 5.73 Å². The van der Waals surface area contributed by atoms with Crippen molar-refractivity contribution in [2.75, 3.05) is 13.1 Å². The lowest BCUT2D eigenvalue weighted by atomic mass is 9.79. The van der Waals surface area contributed by atoms with Gasteiger partial charge in [0.15, 0.2) is 0 Å². The molecule has 0 aliphatic carbocycles. The molecule has 1 aromatic heterocycles. The van der Waals surface area contributed by atoms with Crippen LogP contribution in [0.2, 0.25) is 0 Å². The van der Waals surface area contributed by atoms with Crippen molar-refractivity contribution < 1.29 is 0 Å². The molecule has 1 unspecified atom stereocenters. The number of aromatic nitrogens is 1. The van der Waals surface area contributed by atoms with Gasteiger partial charge in [-0.1, -0.05) is 32.0 Å². The third kappa shape index (κ3) is 2.40. The van der Waals surface area contributed by atoms with E-state index in [0.717, 1.165) is 26.1 Å². The summed E-state index contributed by atoms with van der Waals surface area (Å²) in [7, 11) is 0. The number of H-pyrrole nitrogens is 1. The molecule has 2 heterocycles. The molecule has 0 saturated carbocycles. The van der Waals surface area contributed by atoms with E-state index in [1.807, 2.05) is 0 Å². The van der Waals surface area contributed by atoms with E-state index in [2.05, 4.69) is 54.2 Å². The number of nitrogens with one attached hydrogen (secondary N) is 1. The zero-order valence-corrected chi connectivity index (χ0v) is 11.8. The van der Waals surface area contributed by atoms with E-state index >= 15 is 0 Å². The monoisotopic (exact) mass is 257 g/mol. The minimum Gasteiger partial charge on any atom is -0.361 e. The van der Waals surface area contributed by atoms with Crippen LogP contribution in [0.15, 0.2) is 30.5 Å². The number of nitrogens with two attached hydrogens (primary N) is 1. The van der Waals surface area contributed by atoms with E-state index in [1.165, 1.54) is 16.5 Å². The first-order valence-electron chi connectivity index (χ1n) is 7.09. The highest BCUT2D eigenvalue weighted by atomic mass is 15.1. The van der Waals surface area contributed by atoms with Crippen LogP contribution in [0, 0.1) is 5.41 Å². The minimum atomic E-state index is 0.213. The highest BCUT2D eigenvalue weighted by Crippen LogP contribution is 2.29. The van der Waals surface area contributed by atoms with Crippen LogP contribution in [0.5, 0.6) is 0 Å². The smallest absolute Gasteiger partial charge is 0.0457 e. The maximum atomic E-state index is 6.21. The summed E-state index contributed by atoms with van der Waals surface area (Å²) >= 11 is 0. The zero-order valence-electron chi connectivity index (χ0n) is 11.8. The number of likely N-dealkylation sites (tertiary alicyclic amines) is 1. The largest absolute Gasteiger partial charge is 0.361 e. The third-order valence-electron chi connectivity index (χ3n) is 4.46. The molecule has 0 radical (unpaired) electrons. The van der Waals surface area contributed by atoms with Gasteiger partial charge in [-0.05, 0) is 23.5 Å². The number of rotatable bonds is 2. The standard InChI is InChI=1S/C16H23N3/c1-16(2)11-19(8-7-15(16)17)10-12-9-18-14-6-4-3-5-13(12)14/h3-6,9,15,18H,7-8,10-11,17H2,1-2H3. The van der Waals surface area contributed by atoms with E-state index in [4.69, 9.17) is 5.73 Å². The summed E-state index contributed by atoms with van der Waals surface area (Å²) in [4.78, 5) is 5.88. The maximum absolute atomic E-state index is 6.21. The Hall–Kier alpha value is -1.32. The van der Waals surface area contributed by atoms with Gasteiger partial charge in [0.05, 0.1) is 0 Å². The van der Waals surface area contributed by atoms with Gasteiger partial charge in [-0.2, -0.15) is 0 Å². The van der Waals surface area contributed by atoms with E-state index in [0.29, 0.717) is 6.04 Å². The van der Waals surface area contributed by atoms with Gasteiger partial charge in [0, 0.05) is 42.8 Å². The highest BCUT2D eigenvalue weighted by Gasteiger charge is 2.33. The average Bonchev–Trinajstić information content (AvgIpc) is 2.77. The van der Waals surface area contributed by atoms with Crippen LogP contribution in [-0.4, -0.2) is 29.0 Å². The van der Waals surface area contributed by atoms with Gasteiger partial charge in [-0.3, -0.25) is 4.90 Å². The predicted octanol–water partition coefficient (Wildman–Crippen LogP) is 2.73. The van der Waals surface area contributed by atoms with Crippen molar-refractivity contribution in [2.45, 2.75) is 32.9 Å². The zero-order chi connectivity index (χ0) is 13.5. The molecule has 0 spiro atoms. The molecular formula is C16H23N3. The SMILES string of the molecule is CC1(C)CN(Cc2c[nH]c3ccccc23)CCC1N. The second-order valence-corrected chi connectivity index (χ2v) is 6.45. The van der Waals surface area contributed by atoms with Crippen LogP contribution in [0.1, 0.15) is 25.8 Å². The number of hydrogen-bond donors (Lipinski definition) is 2. The Morgan fingerprint density at radius 3 is 2.95 bits per heavy atom. The van der Waals surface area contributed by atoms with Crippen molar-refractivity contribution in [3.63, 3.8) is 0 Å². The Balaban J connectivity index is 1.79. The molecule has 3 heteroatoms. The molecule has 0 amide bonds. The molecule has 1 atom stereocenters. The topological polar surface area (TPSA) is 45.0 Å². The van der Waals surface area contributed by atoms with Gasteiger partial charge in [0.2, 0.25) is 0 Å². The fourth-order valence-corrected chi connectivity index (χ4v) is 3.12. The summed E-state index contributed by atoms with van der Waals surface area (Å²) < 4.78 is 0. The van der Waals surface area contributed by atoms with Crippen molar-refractivity contribution in [1.82, 2.24) is 9.88 Å². The molecule has 1 aliphatic heterocycles. The summed E-state index contributed by atoms with van der Waals surface area (Å²) in [6.07, 6.45) is 3.24. The molecule has 1 saturated heterocycles. The average molecular weight is 257 g/mol. The number of aromatic amines is 1. The number of piperidine rings is 1. The van der Waals surface area contributed by atoms with Gasteiger partial charge in [0.25, 0.3) is 0 Å². The van der Waals surface area contributed by atoms with Crippen molar-refractivity contribution in [3.05, 3.63) is 36.0 Å². The van der Waals surface area contributed by atoms with Gasteiger partial charge in [0.1, 0.15) is 0 Å². The van der Waals surface area contributed by atoms with E-state index in [9.17, 15) is 0 Å². The summed E-state index contributed by atoms with van der Waals surface area (Å²) in [5.74, 6) is 0. The molecule has 19 heavy (non-hydrogen) atoms. The number of para-hydroxylation sites is 1. The molecule has 1 fully saturated rings. The Morgan fingerprint density at radius 1 is 1.37 bits per heavy atom. The van der Waals surface area contributed by atoms with Crippen LogP contribution in [-0.2, 0) is 6.54 Å². The second kappa shape index (κ2) is 4.66. The predicted molar refractivity (Wildman–Crippen MR) is 79.9 cm³/mol. The minimum absolute atomic E-state index is 0.213. The fourth-order valence-electron chi connectivity index (χ4n) is 3.12. The van der Waals surface area contributed by atoms with E-state index in [-0.39, 0.29) is 5.41 Å². The molecule has 2 aromatic rings. The number of nitrogens with zero attached hydrogens (tertiary/aromatic N) is 1. The summed E-state index contributed by atoms with van der Waals surface area (Å²) in [6.45, 7) is 7.75. The Kier molecular flexibility index (Phi) is 3.11. The molecule has 3 N–H and O–H groups in total. The fraction of sp³-hybridized carbons (Fsp3) is 0.500. The summed E-state index contributed by atoms with van der Waals surface area (Å²) in [6, 6.07) is 8.84. The molecule has 1 aromatic carbocycles. The van der Waals surface area contributed by atoms with E-state index < -0.39 is 0 Å². The summed E-state index contributed by atoms with van der Waals surface area (Å²) in [5, 5.41) is 1.34. The number of fused-ring (bicyclic) bond motifs is 1. The van der Waals surface area contributed by atoms with Crippen LogP contribution >= 0.6 is 0 Å². The molecule has 102 valence electrons. The van der Waals surface area contributed by atoms with Crippen molar-refractivity contribution in [1.29, 1.82) is 0 Å². The molecular weight excluding hydrogens is 234 g/mol. The molecule has 3 rings (SSSR count). The Labute approximate surface area is 114 Å². The Morgan fingerprint density at radius 2 is 2.16 bits per heavy atom. The van der Waals surface area contributed by atoms with E-state index in [1.54, 1.807) is 0 Å².